The average Bonchev–Trinajstić information content (AvgIpc) is 2.67. The SMILES string of the molecule is CCc1ncnc(-c2ccc(C(=O)OC)c(Cl)c2)c1-c1ccc(N)nc1. The summed E-state index contributed by atoms with van der Waals surface area (Å²) in [6.07, 6.45) is 3.94. The van der Waals surface area contributed by atoms with Crippen LogP contribution >= 0.6 is 11.6 Å². The van der Waals surface area contributed by atoms with Crippen LogP contribution in [0.2, 0.25) is 5.02 Å². The highest BCUT2D eigenvalue weighted by Crippen LogP contribution is 2.34. The molecule has 2 N–H and O–H groups in total. The van der Waals surface area contributed by atoms with Crippen LogP contribution < -0.4 is 5.73 Å². The Bertz CT molecular complexity index is 958. The van der Waals surface area contributed by atoms with Crippen LogP contribution in [0.3, 0.4) is 0 Å². The van der Waals surface area contributed by atoms with Crippen LogP contribution in [0.1, 0.15) is 23.0 Å². The maximum atomic E-state index is 11.8. The molecule has 0 unspecified atom stereocenters. The first-order valence-corrected chi connectivity index (χ1v) is 8.37. The van der Waals surface area contributed by atoms with E-state index in [1.165, 1.54) is 13.4 Å². The van der Waals surface area contributed by atoms with Gasteiger partial charge >= 0.3 is 5.97 Å². The van der Waals surface area contributed by atoms with Gasteiger partial charge in [0.15, 0.2) is 0 Å². The summed E-state index contributed by atoms with van der Waals surface area (Å²) in [6.45, 7) is 2.02. The molecule has 2 aromatic heterocycles. The van der Waals surface area contributed by atoms with E-state index in [0.29, 0.717) is 22.1 Å². The zero-order chi connectivity index (χ0) is 18.7. The molecular weight excluding hydrogens is 352 g/mol. The van der Waals surface area contributed by atoms with Crippen molar-refractivity contribution in [1.29, 1.82) is 0 Å². The van der Waals surface area contributed by atoms with Gasteiger partial charge in [0.1, 0.15) is 12.1 Å². The van der Waals surface area contributed by atoms with Crippen LogP contribution in [0, 0.1) is 0 Å². The highest BCUT2D eigenvalue weighted by Gasteiger charge is 2.17. The van der Waals surface area contributed by atoms with E-state index < -0.39 is 5.97 Å². The molecule has 7 heteroatoms. The second-order valence-corrected chi connectivity index (χ2v) is 5.96. The zero-order valence-electron chi connectivity index (χ0n) is 14.4. The molecule has 3 rings (SSSR count). The second-order valence-electron chi connectivity index (χ2n) is 5.56. The molecule has 0 fully saturated rings. The third-order valence-corrected chi connectivity index (χ3v) is 4.30. The van der Waals surface area contributed by atoms with Crippen molar-refractivity contribution in [3.63, 3.8) is 0 Å². The van der Waals surface area contributed by atoms with E-state index >= 15 is 0 Å². The van der Waals surface area contributed by atoms with Gasteiger partial charge < -0.3 is 10.5 Å². The van der Waals surface area contributed by atoms with Crippen molar-refractivity contribution in [2.75, 3.05) is 12.8 Å². The van der Waals surface area contributed by atoms with E-state index in [9.17, 15) is 4.79 Å². The molecule has 0 aliphatic carbocycles. The van der Waals surface area contributed by atoms with Gasteiger partial charge in [0.05, 0.1) is 29.1 Å². The summed E-state index contributed by atoms with van der Waals surface area (Å²) in [5.74, 6) is -0.0443. The van der Waals surface area contributed by atoms with Gasteiger partial charge in [0, 0.05) is 22.9 Å². The summed E-state index contributed by atoms with van der Waals surface area (Å²) in [5.41, 5.74) is 10.1. The summed E-state index contributed by atoms with van der Waals surface area (Å²) in [5, 5.41) is 0.299. The molecule has 2 heterocycles. The third-order valence-electron chi connectivity index (χ3n) is 3.98. The fraction of sp³-hybridized carbons (Fsp3) is 0.158. The number of aryl methyl sites for hydroxylation is 1. The van der Waals surface area contributed by atoms with Gasteiger partial charge in [-0.3, -0.25) is 0 Å². The first kappa shape index (κ1) is 17.8. The molecule has 0 radical (unpaired) electrons. The summed E-state index contributed by atoms with van der Waals surface area (Å²) in [7, 11) is 1.32. The number of benzene rings is 1. The predicted molar refractivity (Wildman–Crippen MR) is 101 cm³/mol. The Hall–Kier alpha value is -2.99. The van der Waals surface area contributed by atoms with Gasteiger partial charge in [-0.15, -0.1) is 0 Å². The Morgan fingerprint density at radius 2 is 1.92 bits per heavy atom. The van der Waals surface area contributed by atoms with Crippen molar-refractivity contribution in [3.8, 4) is 22.4 Å². The number of aromatic nitrogens is 3. The van der Waals surface area contributed by atoms with Gasteiger partial charge in [-0.25, -0.2) is 19.7 Å². The lowest BCUT2D eigenvalue weighted by Crippen LogP contribution is -2.03. The number of methoxy groups -OCH3 is 1. The van der Waals surface area contributed by atoms with Crippen LogP contribution in [0.5, 0.6) is 0 Å². The number of rotatable bonds is 4. The normalized spacial score (nSPS) is 10.6. The minimum Gasteiger partial charge on any atom is -0.465 e. The smallest absolute Gasteiger partial charge is 0.339 e. The number of nitrogens with two attached hydrogens (primary N) is 1. The lowest BCUT2D eigenvalue weighted by molar-refractivity contribution is 0.0601. The van der Waals surface area contributed by atoms with Crippen molar-refractivity contribution in [3.05, 3.63) is 59.1 Å². The van der Waals surface area contributed by atoms with Crippen LogP contribution in [0.15, 0.2) is 42.9 Å². The van der Waals surface area contributed by atoms with Crippen molar-refractivity contribution < 1.29 is 9.53 Å². The maximum absolute atomic E-state index is 11.8. The zero-order valence-corrected chi connectivity index (χ0v) is 15.1. The Labute approximate surface area is 156 Å². The number of anilines is 1. The molecule has 3 aromatic rings. The van der Waals surface area contributed by atoms with E-state index in [-0.39, 0.29) is 0 Å². The number of nitrogen functional groups attached to an aromatic ring is 1. The summed E-state index contributed by atoms with van der Waals surface area (Å²) in [6, 6.07) is 8.73. The van der Waals surface area contributed by atoms with E-state index in [4.69, 9.17) is 22.1 Å². The third kappa shape index (κ3) is 3.36. The van der Waals surface area contributed by atoms with Crippen LogP contribution in [0.25, 0.3) is 22.4 Å². The van der Waals surface area contributed by atoms with Crippen molar-refractivity contribution in [1.82, 2.24) is 15.0 Å². The Kier molecular flexibility index (Phi) is 5.14. The van der Waals surface area contributed by atoms with Gasteiger partial charge in [0.25, 0.3) is 0 Å². The Balaban J connectivity index is 2.18. The molecule has 0 spiro atoms. The lowest BCUT2D eigenvalue weighted by atomic mass is 9.97. The van der Waals surface area contributed by atoms with Crippen molar-refractivity contribution >= 4 is 23.4 Å². The number of hydrogen-bond acceptors (Lipinski definition) is 6. The maximum Gasteiger partial charge on any atom is 0.339 e. The molecule has 0 amide bonds. The Morgan fingerprint density at radius 3 is 2.54 bits per heavy atom. The number of pyridine rings is 1. The number of carbonyl (C=O) groups is 1. The molecule has 0 aliphatic heterocycles. The fourth-order valence-electron chi connectivity index (χ4n) is 2.70. The molecular formula is C19H17ClN4O2. The first-order valence-electron chi connectivity index (χ1n) is 7.99. The number of esters is 1. The number of carbonyl (C=O) groups excluding carboxylic acids is 1. The second kappa shape index (κ2) is 7.49. The van der Waals surface area contributed by atoms with Gasteiger partial charge in [-0.1, -0.05) is 24.6 Å². The summed E-state index contributed by atoms with van der Waals surface area (Å²) < 4.78 is 4.73. The number of halogens is 1. The molecule has 0 bridgehead atoms. The minimum absolute atomic E-state index is 0.299. The predicted octanol–water partition coefficient (Wildman–Crippen LogP) is 3.79. The number of hydrogen-bond donors (Lipinski definition) is 1. The molecule has 0 aliphatic rings. The van der Waals surface area contributed by atoms with Gasteiger partial charge in [0.2, 0.25) is 0 Å². The molecule has 0 saturated heterocycles. The van der Waals surface area contributed by atoms with Crippen molar-refractivity contribution in [2.45, 2.75) is 13.3 Å². The number of ether oxygens (including phenoxy) is 1. The average molecular weight is 369 g/mol. The topological polar surface area (TPSA) is 91.0 Å². The molecule has 0 atom stereocenters. The van der Waals surface area contributed by atoms with Crippen molar-refractivity contribution in [2.24, 2.45) is 0 Å². The first-order chi connectivity index (χ1) is 12.5. The summed E-state index contributed by atoms with van der Waals surface area (Å²) in [4.78, 5) is 24.8. The van der Waals surface area contributed by atoms with E-state index in [0.717, 1.165) is 28.8 Å². The molecule has 26 heavy (non-hydrogen) atoms. The van der Waals surface area contributed by atoms with Crippen LogP contribution in [-0.2, 0) is 11.2 Å². The number of nitrogens with zero attached hydrogens (tertiary/aromatic N) is 3. The highest BCUT2D eigenvalue weighted by atomic mass is 35.5. The summed E-state index contributed by atoms with van der Waals surface area (Å²) >= 11 is 6.27. The van der Waals surface area contributed by atoms with Gasteiger partial charge in [-0.05, 0) is 30.7 Å². The highest BCUT2D eigenvalue weighted by molar-refractivity contribution is 6.33. The Morgan fingerprint density at radius 1 is 1.15 bits per heavy atom. The van der Waals surface area contributed by atoms with Gasteiger partial charge in [-0.2, -0.15) is 0 Å². The monoisotopic (exact) mass is 368 g/mol. The molecule has 1 aromatic carbocycles. The minimum atomic E-state index is -0.485. The van der Waals surface area contributed by atoms with E-state index in [2.05, 4.69) is 15.0 Å². The van der Waals surface area contributed by atoms with Crippen LogP contribution in [0.4, 0.5) is 5.82 Å². The van der Waals surface area contributed by atoms with Crippen LogP contribution in [-0.4, -0.2) is 28.0 Å². The fourth-order valence-corrected chi connectivity index (χ4v) is 2.96. The van der Waals surface area contributed by atoms with E-state index in [1.54, 1.807) is 30.5 Å². The molecule has 132 valence electrons. The quantitative estimate of drug-likeness (QED) is 0.704. The molecule has 6 nitrogen and oxygen atoms in total. The standard InChI is InChI=1S/C19H17ClN4O2/c1-3-15-17(12-5-7-16(21)22-9-12)18(24-10-23-15)11-4-6-13(14(20)8-11)19(25)26-2/h4-10H,3H2,1-2H3,(H2,21,22). The van der Waals surface area contributed by atoms with E-state index in [1.807, 2.05) is 13.0 Å². The lowest BCUT2D eigenvalue weighted by Gasteiger charge is -2.13. The largest absolute Gasteiger partial charge is 0.465 e. The molecule has 0 saturated carbocycles.